The summed E-state index contributed by atoms with van der Waals surface area (Å²) in [6.45, 7) is 4.63. The third-order valence-corrected chi connectivity index (χ3v) is 10.8. The highest BCUT2D eigenvalue weighted by molar-refractivity contribution is 8.02. The van der Waals surface area contributed by atoms with Gasteiger partial charge in [0.05, 0.1) is 39.9 Å². The fourth-order valence-electron chi connectivity index (χ4n) is 6.91. The average Bonchev–Trinajstić information content (AvgIpc) is 3.23. The number of anilines is 1. The molecule has 2 saturated heterocycles. The first-order valence-corrected chi connectivity index (χ1v) is 14.8. The van der Waals surface area contributed by atoms with Crippen LogP contribution in [0.5, 0.6) is 0 Å². The lowest BCUT2D eigenvalue weighted by Gasteiger charge is -2.39. The number of hydrogen-bond acceptors (Lipinski definition) is 5. The second-order valence-electron chi connectivity index (χ2n) is 11.2. The van der Waals surface area contributed by atoms with E-state index < -0.39 is 33.4 Å². The fourth-order valence-corrected chi connectivity index (χ4v) is 9.29. The third-order valence-electron chi connectivity index (χ3n) is 8.68. The van der Waals surface area contributed by atoms with E-state index in [0.717, 1.165) is 5.56 Å². The fraction of sp³-hybridized carbons (Fsp3) is 0.387. The van der Waals surface area contributed by atoms with Crippen molar-refractivity contribution < 1.29 is 19.5 Å². The first kappa shape index (κ1) is 27.1. The van der Waals surface area contributed by atoms with Crippen molar-refractivity contribution in [1.82, 2.24) is 9.80 Å². The van der Waals surface area contributed by atoms with Gasteiger partial charge in [0.15, 0.2) is 0 Å². The van der Waals surface area contributed by atoms with Crippen molar-refractivity contribution in [2.24, 2.45) is 11.8 Å². The SMILES string of the molecule is C[C@H](CO)N1C(=O)[C@@H]2[C@@H]3C(=O)N(Cc4ccccc4)CC=C[C@]3(C)S[C@@]23C=CCN(c2ccccc2Cl)C(=O)C13. The zero-order valence-corrected chi connectivity index (χ0v) is 24.0. The Morgan fingerprint density at radius 2 is 1.65 bits per heavy atom. The molecule has 0 aliphatic carbocycles. The van der Waals surface area contributed by atoms with Gasteiger partial charge < -0.3 is 19.8 Å². The highest BCUT2D eigenvalue weighted by atomic mass is 35.5. The monoisotopic (exact) mass is 577 g/mol. The first-order chi connectivity index (χ1) is 19.2. The number of para-hydroxylation sites is 1. The van der Waals surface area contributed by atoms with Crippen LogP contribution in [0.3, 0.4) is 0 Å². The second-order valence-corrected chi connectivity index (χ2v) is 13.4. The summed E-state index contributed by atoms with van der Waals surface area (Å²) in [5, 5.41) is 10.6. The van der Waals surface area contributed by atoms with Gasteiger partial charge in [-0.1, -0.05) is 78.4 Å². The maximum Gasteiger partial charge on any atom is 0.251 e. The van der Waals surface area contributed by atoms with Crippen LogP contribution in [0.4, 0.5) is 5.69 Å². The van der Waals surface area contributed by atoms with E-state index >= 15 is 0 Å². The molecular weight excluding hydrogens is 546 g/mol. The third kappa shape index (κ3) is 4.03. The van der Waals surface area contributed by atoms with Crippen LogP contribution < -0.4 is 4.90 Å². The molecule has 2 aromatic carbocycles. The lowest BCUT2D eigenvalue weighted by Crippen LogP contribution is -2.56. The molecule has 2 fully saturated rings. The topological polar surface area (TPSA) is 81.2 Å². The van der Waals surface area contributed by atoms with Gasteiger partial charge in [0.2, 0.25) is 11.8 Å². The maximum absolute atomic E-state index is 14.5. The largest absolute Gasteiger partial charge is 0.394 e. The number of halogens is 1. The van der Waals surface area contributed by atoms with Gasteiger partial charge in [-0.05, 0) is 31.5 Å². The zero-order chi connectivity index (χ0) is 28.2. The quantitative estimate of drug-likeness (QED) is 0.545. The van der Waals surface area contributed by atoms with E-state index in [0.29, 0.717) is 23.8 Å². The molecule has 6 atom stereocenters. The maximum atomic E-state index is 14.5. The number of rotatable bonds is 5. The van der Waals surface area contributed by atoms with E-state index in [4.69, 9.17) is 11.6 Å². The predicted molar refractivity (Wildman–Crippen MR) is 157 cm³/mol. The first-order valence-electron chi connectivity index (χ1n) is 13.6. The van der Waals surface area contributed by atoms with E-state index in [1.165, 1.54) is 16.7 Å². The summed E-state index contributed by atoms with van der Waals surface area (Å²) in [5.74, 6) is -2.06. The zero-order valence-electron chi connectivity index (χ0n) is 22.4. The molecule has 0 saturated carbocycles. The van der Waals surface area contributed by atoms with Crippen LogP contribution in [0.15, 0.2) is 78.9 Å². The highest BCUT2D eigenvalue weighted by Crippen LogP contribution is 2.66. The van der Waals surface area contributed by atoms with E-state index in [9.17, 15) is 19.5 Å². The summed E-state index contributed by atoms with van der Waals surface area (Å²) < 4.78 is -1.68. The number of amides is 3. The molecular formula is C31H32ClN3O4S. The number of thioether (sulfide) groups is 1. The van der Waals surface area contributed by atoms with Crippen LogP contribution in [-0.2, 0) is 20.9 Å². The molecule has 4 aliphatic heterocycles. The molecule has 0 aromatic heterocycles. The Bertz CT molecular complexity index is 1420. The molecule has 2 aromatic rings. The smallest absolute Gasteiger partial charge is 0.251 e. The number of fused-ring (bicyclic) bond motifs is 2. The van der Waals surface area contributed by atoms with Gasteiger partial charge in [0.1, 0.15) is 6.04 Å². The average molecular weight is 578 g/mol. The Kier molecular flexibility index (Phi) is 6.84. The van der Waals surface area contributed by atoms with Crippen molar-refractivity contribution in [3.05, 3.63) is 89.5 Å². The second kappa shape index (κ2) is 10.1. The highest BCUT2D eigenvalue weighted by Gasteiger charge is 2.74. The standard InChI is InChI=1S/C31H32ClN3O4S/c1-20(19-36)35-26-29(39)34(23-13-7-6-12-22(23)32)17-9-15-31(26)25(28(35)38)24-27(37)33(16-8-14-30(24,2)40-31)18-21-10-4-3-5-11-21/h3-15,20,24-26,36H,16-19H2,1-2H3/t20-,24-,25+,26?,30+,31+/m1/s1. The van der Waals surface area contributed by atoms with Crippen molar-refractivity contribution in [3.8, 4) is 0 Å². The van der Waals surface area contributed by atoms with Crippen LogP contribution in [0.1, 0.15) is 19.4 Å². The minimum atomic E-state index is -0.983. The molecule has 4 heterocycles. The number of aliphatic hydroxyl groups is 1. The van der Waals surface area contributed by atoms with Gasteiger partial charge in [-0.3, -0.25) is 14.4 Å². The molecule has 6 rings (SSSR count). The van der Waals surface area contributed by atoms with E-state index in [1.807, 2.05) is 61.5 Å². The van der Waals surface area contributed by atoms with Crippen molar-refractivity contribution in [2.45, 2.75) is 42.0 Å². The molecule has 0 bridgehead atoms. The van der Waals surface area contributed by atoms with Crippen LogP contribution in [0.2, 0.25) is 5.02 Å². The molecule has 0 radical (unpaired) electrons. The lowest BCUT2D eigenvalue weighted by molar-refractivity contribution is -0.145. The Hall–Kier alpha value is -3.07. The van der Waals surface area contributed by atoms with Gasteiger partial charge in [-0.15, -0.1) is 11.8 Å². The van der Waals surface area contributed by atoms with Gasteiger partial charge >= 0.3 is 0 Å². The molecule has 7 nitrogen and oxygen atoms in total. The Balaban J connectivity index is 1.46. The Morgan fingerprint density at radius 3 is 2.38 bits per heavy atom. The van der Waals surface area contributed by atoms with Crippen LogP contribution in [0, 0.1) is 11.8 Å². The summed E-state index contributed by atoms with van der Waals surface area (Å²) >= 11 is 8.05. The molecule has 1 N–H and O–H groups in total. The number of likely N-dealkylation sites (tertiary alicyclic amines) is 1. The van der Waals surface area contributed by atoms with Crippen LogP contribution >= 0.6 is 23.4 Å². The number of benzene rings is 2. The molecule has 3 amide bonds. The Morgan fingerprint density at radius 1 is 0.950 bits per heavy atom. The molecule has 9 heteroatoms. The summed E-state index contributed by atoms with van der Waals surface area (Å²) in [6, 6.07) is 15.5. The van der Waals surface area contributed by atoms with Crippen molar-refractivity contribution >= 4 is 46.8 Å². The normalized spacial score (nSPS) is 32.0. The van der Waals surface area contributed by atoms with Crippen LogP contribution in [-0.4, -0.2) is 73.9 Å². The molecule has 40 heavy (non-hydrogen) atoms. The van der Waals surface area contributed by atoms with Gasteiger partial charge in [0, 0.05) is 24.4 Å². The molecule has 1 unspecified atom stereocenters. The number of aliphatic hydroxyl groups excluding tert-OH is 1. The molecule has 4 aliphatic rings. The van der Waals surface area contributed by atoms with Crippen LogP contribution in [0.25, 0.3) is 0 Å². The predicted octanol–water partition coefficient (Wildman–Crippen LogP) is 3.91. The van der Waals surface area contributed by atoms with Gasteiger partial charge in [0.25, 0.3) is 5.91 Å². The summed E-state index contributed by atoms with van der Waals surface area (Å²) in [7, 11) is 0. The summed E-state index contributed by atoms with van der Waals surface area (Å²) in [5.41, 5.74) is 1.58. The number of carbonyl (C=O) groups excluding carboxylic acids is 3. The van der Waals surface area contributed by atoms with E-state index in [-0.39, 0.29) is 30.9 Å². The summed E-state index contributed by atoms with van der Waals surface area (Å²) in [4.78, 5) is 48.2. The van der Waals surface area contributed by atoms with E-state index in [2.05, 4.69) is 6.08 Å². The molecule has 1 spiro atoms. The van der Waals surface area contributed by atoms with Gasteiger partial charge in [-0.2, -0.15) is 0 Å². The van der Waals surface area contributed by atoms with Gasteiger partial charge in [-0.25, -0.2) is 0 Å². The summed E-state index contributed by atoms with van der Waals surface area (Å²) in [6.07, 6.45) is 7.97. The number of hydrogen-bond donors (Lipinski definition) is 1. The minimum absolute atomic E-state index is 0.0932. The lowest BCUT2D eigenvalue weighted by atomic mass is 9.74. The molecule has 208 valence electrons. The van der Waals surface area contributed by atoms with Crippen molar-refractivity contribution in [3.63, 3.8) is 0 Å². The number of nitrogens with zero attached hydrogens (tertiary/aromatic N) is 3. The number of carbonyl (C=O) groups is 3. The van der Waals surface area contributed by atoms with Crippen molar-refractivity contribution in [2.75, 3.05) is 24.6 Å². The van der Waals surface area contributed by atoms with E-state index in [1.54, 1.807) is 34.9 Å². The van der Waals surface area contributed by atoms with Crippen molar-refractivity contribution in [1.29, 1.82) is 0 Å². The Labute approximate surface area is 243 Å². The minimum Gasteiger partial charge on any atom is -0.394 e.